The first-order chi connectivity index (χ1) is 22.4. The molecular formula is C38H30ClF2N3OS. The Morgan fingerprint density at radius 1 is 0.783 bits per heavy atom. The maximum atomic E-state index is 14.1. The fraction of sp³-hybridized carbons (Fsp3) is 0.105. The number of anilines is 1. The fourth-order valence-electron chi connectivity index (χ4n) is 5.26. The molecule has 4 nitrogen and oxygen atoms in total. The Morgan fingerprint density at radius 2 is 1.37 bits per heavy atom. The van der Waals surface area contributed by atoms with Gasteiger partial charge in [-0.05, 0) is 60.0 Å². The predicted molar refractivity (Wildman–Crippen MR) is 183 cm³/mol. The van der Waals surface area contributed by atoms with Gasteiger partial charge in [0.25, 0.3) is 0 Å². The first-order valence-corrected chi connectivity index (χ1v) is 16.1. The molecule has 0 spiro atoms. The lowest BCUT2D eigenvalue weighted by molar-refractivity contribution is -0.116. The lowest BCUT2D eigenvalue weighted by atomic mass is 10.0. The van der Waals surface area contributed by atoms with E-state index in [1.807, 2.05) is 85.8 Å². The van der Waals surface area contributed by atoms with Crippen LogP contribution in [0.2, 0.25) is 5.02 Å². The number of hydrogen-bond acceptors (Lipinski definition) is 3. The average molecular weight is 650 g/mol. The Balaban J connectivity index is 1.40. The number of hydrogen-bond donors (Lipinski definition) is 0. The minimum absolute atomic E-state index is 0.0638. The first-order valence-electron chi connectivity index (χ1n) is 14.8. The van der Waals surface area contributed by atoms with Gasteiger partial charge in [-0.25, -0.2) is 13.8 Å². The van der Waals surface area contributed by atoms with Crippen molar-refractivity contribution in [3.63, 3.8) is 0 Å². The summed E-state index contributed by atoms with van der Waals surface area (Å²) < 4.78 is 29.6. The summed E-state index contributed by atoms with van der Waals surface area (Å²) in [5.74, 6) is -0.770. The molecule has 0 radical (unpaired) electrons. The molecule has 0 N–H and O–H groups in total. The summed E-state index contributed by atoms with van der Waals surface area (Å²) in [6.07, 6.45) is 0. The van der Waals surface area contributed by atoms with Crippen LogP contribution in [-0.4, -0.2) is 21.2 Å². The van der Waals surface area contributed by atoms with Crippen molar-refractivity contribution < 1.29 is 13.6 Å². The maximum Gasteiger partial charge on any atom is 0.237 e. The molecule has 46 heavy (non-hydrogen) atoms. The molecule has 0 saturated carbocycles. The predicted octanol–water partition coefficient (Wildman–Crippen LogP) is 9.83. The van der Waals surface area contributed by atoms with E-state index in [1.54, 1.807) is 29.2 Å². The van der Waals surface area contributed by atoms with Gasteiger partial charge >= 0.3 is 0 Å². The highest BCUT2D eigenvalue weighted by atomic mass is 35.5. The summed E-state index contributed by atoms with van der Waals surface area (Å²) in [5, 5.41) is 1.10. The van der Waals surface area contributed by atoms with E-state index in [9.17, 15) is 13.6 Å². The molecule has 1 heterocycles. The maximum absolute atomic E-state index is 14.1. The monoisotopic (exact) mass is 649 g/mol. The van der Waals surface area contributed by atoms with Crippen LogP contribution in [0.15, 0.2) is 133 Å². The zero-order valence-corrected chi connectivity index (χ0v) is 26.6. The molecule has 1 amide bonds. The van der Waals surface area contributed by atoms with E-state index in [0.29, 0.717) is 22.4 Å². The van der Waals surface area contributed by atoms with E-state index in [0.717, 1.165) is 39.2 Å². The van der Waals surface area contributed by atoms with Crippen LogP contribution in [0.25, 0.3) is 22.5 Å². The molecule has 8 heteroatoms. The van der Waals surface area contributed by atoms with Crippen LogP contribution >= 0.6 is 23.4 Å². The molecule has 6 rings (SSSR count). The number of aromatic nitrogens is 2. The molecule has 0 fully saturated rings. The fourth-order valence-corrected chi connectivity index (χ4v) is 6.48. The third kappa shape index (κ3) is 7.22. The average Bonchev–Trinajstić information content (AvgIpc) is 3.43. The van der Waals surface area contributed by atoms with Gasteiger partial charge in [0.05, 0.1) is 40.9 Å². The van der Waals surface area contributed by atoms with Crippen molar-refractivity contribution in [3.05, 3.63) is 161 Å². The standard InChI is InChI=1S/C38H30ClF2N3OS/c1-26-12-21-34(33(39)22-26)43(23-27-13-17-31(40)18-14-27)35(45)25-46-38-42-36(29-8-4-2-5-9-29)37(30-10-6-3-7-11-30)44(38)24-28-15-19-32(41)20-16-28/h2-22H,23-25H2,1H3. The minimum Gasteiger partial charge on any atom is -0.314 e. The van der Waals surface area contributed by atoms with Crippen LogP contribution in [0, 0.1) is 18.6 Å². The lowest BCUT2D eigenvalue weighted by Gasteiger charge is -2.24. The molecule has 0 aliphatic heterocycles. The van der Waals surface area contributed by atoms with Gasteiger partial charge in [0, 0.05) is 11.1 Å². The second kappa shape index (κ2) is 14.1. The van der Waals surface area contributed by atoms with Crippen molar-refractivity contribution in [3.8, 4) is 22.5 Å². The van der Waals surface area contributed by atoms with Crippen LogP contribution in [0.5, 0.6) is 0 Å². The largest absolute Gasteiger partial charge is 0.314 e. The van der Waals surface area contributed by atoms with Gasteiger partial charge in [-0.1, -0.05) is 114 Å². The number of carbonyl (C=O) groups excluding carboxylic acids is 1. The highest BCUT2D eigenvalue weighted by Gasteiger charge is 2.24. The molecular weight excluding hydrogens is 620 g/mol. The van der Waals surface area contributed by atoms with Gasteiger partial charge in [-0.2, -0.15) is 0 Å². The second-order valence-electron chi connectivity index (χ2n) is 10.9. The summed E-state index contributed by atoms with van der Waals surface area (Å²) in [5.41, 5.74) is 6.81. The molecule has 0 aliphatic carbocycles. The van der Waals surface area contributed by atoms with Crippen molar-refractivity contribution in [2.75, 3.05) is 10.7 Å². The van der Waals surface area contributed by atoms with Gasteiger partial charge in [0.1, 0.15) is 11.6 Å². The number of carbonyl (C=O) groups is 1. The summed E-state index contributed by atoms with van der Waals surface area (Å²) >= 11 is 7.99. The summed E-state index contributed by atoms with van der Waals surface area (Å²) in [7, 11) is 0. The van der Waals surface area contributed by atoms with Gasteiger partial charge in [-0.3, -0.25) is 4.79 Å². The Bertz CT molecular complexity index is 1950. The molecule has 0 aliphatic rings. The highest BCUT2D eigenvalue weighted by molar-refractivity contribution is 7.99. The zero-order valence-electron chi connectivity index (χ0n) is 25.0. The topological polar surface area (TPSA) is 38.1 Å². The summed E-state index contributed by atoms with van der Waals surface area (Å²) in [6.45, 7) is 2.58. The van der Waals surface area contributed by atoms with Crippen LogP contribution in [-0.2, 0) is 17.9 Å². The van der Waals surface area contributed by atoms with Crippen molar-refractivity contribution in [2.45, 2.75) is 25.2 Å². The number of thioether (sulfide) groups is 1. The number of imidazole rings is 1. The molecule has 0 atom stereocenters. The molecule has 0 unspecified atom stereocenters. The molecule has 0 saturated heterocycles. The number of nitrogens with zero attached hydrogens (tertiary/aromatic N) is 3. The van der Waals surface area contributed by atoms with Crippen LogP contribution in [0.3, 0.4) is 0 Å². The third-order valence-corrected chi connectivity index (χ3v) is 8.82. The molecule has 5 aromatic carbocycles. The Hall–Kier alpha value is -4.72. The SMILES string of the molecule is Cc1ccc(N(Cc2ccc(F)cc2)C(=O)CSc2nc(-c3ccccc3)c(-c3ccccc3)n2Cc2ccc(F)cc2)c(Cl)c1. The Labute approximate surface area is 276 Å². The van der Waals surface area contributed by atoms with E-state index >= 15 is 0 Å². The highest BCUT2D eigenvalue weighted by Crippen LogP contribution is 2.37. The van der Waals surface area contributed by atoms with Crippen molar-refractivity contribution in [1.29, 1.82) is 0 Å². The Kier molecular flexibility index (Phi) is 9.62. The number of rotatable bonds is 10. The molecule has 1 aromatic heterocycles. The zero-order chi connectivity index (χ0) is 32.0. The van der Waals surface area contributed by atoms with E-state index in [-0.39, 0.29) is 29.8 Å². The quantitative estimate of drug-likeness (QED) is 0.139. The van der Waals surface area contributed by atoms with E-state index in [2.05, 4.69) is 4.57 Å². The van der Waals surface area contributed by atoms with Gasteiger partial charge in [-0.15, -0.1) is 0 Å². The van der Waals surface area contributed by atoms with Gasteiger partial charge in [0.15, 0.2) is 5.16 Å². The number of amides is 1. The number of aryl methyl sites for hydroxylation is 1. The second-order valence-corrected chi connectivity index (χ2v) is 12.2. The van der Waals surface area contributed by atoms with Gasteiger partial charge < -0.3 is 9.47 Å². The van der Waals surface area contributed by atoms with Crippen molar-refractivity contribution in [1.82, 2.24) is 9.55 Å². The molecule has 6 aromatic rings. The number of halogens is 3. The number of benzene rings is 5. The van der Waals surface area contributed by atoms with E-state index in [1.165, 1.54) is 36.0 Å². The van der Waals surface area contributed by atoms with Crippen molar-refractivity contribution in [2.24, 2.45) is 0 Å². The summed E-state index contributed by atoms with van der Waals surface area (Å²) in [4.78, 5) is 20.8. The summed E-state index contributed by atoms with van der Waals surface area (Å²) in [6, 6.07) is 38.0. The lowest BCUT2D eigenvalue weighted by Crippen LogP contribution is -2.32. The van der Waals surface area contributed by atoms with Crippen molar-refractivity contribution >= 4 is 35.0 Å². The van der Waals surface area contributed by atoms with E-state index in [4.69, 9.17) is 16.6 Å². The smallest absolute Gasteiger partial charge is 0.237 e. The minimum atomic E-state index is -0.345. The van der Waals surface area contributed by atoms with Crippen LogP contribution in [0.4, 0.5) is 14.5 Å². The van der Waals surface area contributed by atoms with E-state index < -0.39 is 0 Å². The first kappa shape index (κ1) is 31.3. The molecule has 0 bridgehead atoms. The Morgan fingerprint density at radius 3 is 1.98 bits per heavy atom. The van der Waals surface area contributed by atoms with Crippen LogP contribution in [0.1, 0.15) is 16.7 Å². The van der Waals surface area contributed by atoms with Crippen LogP contribution < -0.4 is 4.90 Å². The third-order valence-electron chi connectivity index (χ3n) is 7.55. The normalized spacial score (nSPS) is 11.0. The van der Waals surface area contributed by atoms with Gasteiger partial charge in [0.2, 0.25) is 5.91 Å². The molecule has 230 valence electrons.